The van der Waals surface area contributed by atoms with Crippen LogP contribution in [0.3, 0.4) is 0 Å². The van der Waals surface area contributed by atoms with Gasteiger partial charge >= 0.3 is 0 Å². The van der Waals surface area contributed by atoms with Crippen LogP contribution in [0.1, 0.15) is 40.5 Å². The summed E-state index contributed by atoms with van der Waals surface area (Å²) in [5, 5.41) is 6.27. The number of sulfonamides is 1. The van der Waals surface area contributed by atoms with Crippen molar-refractivity contribution >= 4 is 25.8 Å². The van der Waals surface area contributed by atoms with Gasteiger partial charge in [0, 0.05) is 32.7 Å². The van der Waals surface area contributed by atoms with Crippen LogP contribution in [-0.2, 0) is 19.9 Å². The van der Waals surface area contributed by atoms with Gasteiger partial charge in [0.05, 0.1) is 16.3 Å². The van der Waals surface area contributed by atoms with E-state index in [1.54, 1.807) is 34.7 Å². The van der Waals surface area contributed by atoms with E-state index in [0.29, 0.717) is 31.9 Å². The zero-order valence-corrected chi connectivity index (χ0v) is 17.5. The number of nitrogens with zero attached hydrogens (tertiary/aromatic N) is 2. The normalized spacial score (nSPS) is 19.0. The Labute approximate surface area is 152 Å². The average Bonchev–Trinajstić information content (AvgIpc) is 2.53. The van der Waals surface area contributed by atoms with Crippen LogP contribution in [0.15, 0.2) is 4.99 Å². The number of aliphatic imine (C=N–C) groups is 1. The van der Waals surface area contributed by atoms with Crippen molar-refractivity contribution in [2.75, 3.05) is 38.2 Å². The molecule has 1 aliphatic rings. The fourth-order valence-corrected chi connectivity index (χ4v) is 4.57. The van der Waals surface area contributed by atoms with Crippen LogP contribution in [-0.4, -0.2) is 76.1 Å². The maximum absolute atomic E-state index is 12.1. The van der Waals surface area contributed by atoms with Gasteiger partial charge in [-0.15, -0.1) is 0 Å². The number of piperidine rings is 1. The Balaban J connectivity index is 2.46. The van der Waals surface area contributed by atoms with Crippen molar-refractivity contribution in [2.45, 2.75) is 51.3 Å². The maximum Gasteiger partial charge on any atom is 0.213 e. The molecule has 0 aromatic rings. The first kappa shape index (κ1) is 22.2. The van der Waals surface area contributed by atoms with E-state index in [9.17, 15) is 16.8 Å². The number of sulfone groups is 1. The van der Waals surface area contributed by atoms with Gasteiger partial charge < -0.3 is 10.6 Å². The second kappa shape index (κ2) is 8.68. The predicted molar refractivity (Wildman–Crippen MR) is 102 cm³/mol. The Morgan fingerprint density at radius 1 is 1.16 bits per heavy atom. The summed E-state index contributed by atoms with van der Waals surface area (Å²) in [5.41, 5.74) is 0. The quantitative estimate of drug-likeness (QED) is 0.490. The van der Waals surface area contributed by atoms with Crippen molar-refractivity contribution in [3.63, 3.8) is 0 Å². The fourth-order valence-electron chi connectivity index (χ4n) is 2.46. The summed E-state index contributed by atoms with van der Waals surface area (Å²) in [6, 6.07) is 0.119. The van der Waals surface area contributed by atoms with Crippen molar-refractivity contribution in [2.24, 2.45) is 4.99 Å². The molecule has 0 unspecified atom stereocenters. The van der Waals surface area contributed by atoms with Gasteiger partial charge in [-0.2, -0.15) is 0 Å². The van der Waals surface area contributed by atoms with E-state index in [4.69, 9.17) is 0 Å². The third-order valence-corrected chi connectivity index (χ3v) is 8.86. The third-order valence-electron chi connectivity index (χ3n) is 4.37. The number of nitrogens with one attached hydrogen (secondary N) is 2. The summed E-state index contributed by atoms with van der Waals surface area (Å²) in [4.78, 5) is 4.12. The predicted octanol–water partition coefficient (Wildman–Crippen LogP) is 0.179. The van der Waals surface area contributed by atoms with Gasteiger partial charge in [0.25, 0.3) is 0 Å². The van der Waals surface area contributed by atoms with Crippen molar-refractivity contribution in [3.8, 4) is 0 Å². The highest BCUT2D eigenvalue weighted by Gasteiger charge is 2.29. The molecule has 1 rings (SSSR count). The zero-order chi connectivity index (χ0) is 19.3. The monoisotopic (exact) mass is 396 g/mol. The Morgan fingerprint density at radius 3 is 2.16 bits per heavy atom. The topological polar surface area (TPSA) is 108 Å². The molecule has 0 aliphatic carbocycles. The van der Waals surface area contributed by atoms with Gasteiger partial charge in [-0.05, 0) is 40.5 Å². The summed E-state index contributed by atoms with van der Waals surface area (Å²) in [6.45, 7) is 7.97. The van der Waals surface area contributed by atoms with Crippen LogP contribution in [0.25, 0.3) is 0 Å². The van der Waals surface area contributed by atoms with Crippen molar-refractivity contribution in [1.82, 2.24) is 14.9 Å². The highest BCUT2D eigenvalue weighted by atomic mass is 32.2. The Morgan fingerprint density at radius 2 is 1.72 bits per heavy atom. The van der Waals surface area contributed by atoms with Gasteiger partial charge in [-0.1, -0.05) is 0 Å². The highest BCUT2D eigenvalue weighted by Crippen LogP contribution is 2.16. The van der Waals surface area contributed by atoms with Crippen LogP contribution in [0.4, 0.5) is 0 Å². The van der Waals surface area contributed by atoms with Gasteiger partial charge in [-0.3, -0.25) is 4.99 Å². The molecule has 0 bridgehead atoms. The first-order valence-corrected chi connectivity index (χ1v) is 11.9. The second-order valence-electron chi connectivity index (χ2n) is 7.15. The fraction of sp³-hybridized carbons (Fsp3) is 0.933. The molecule has 1 saturated heterocycles. The molecule has 0 atom stereocenters. The Kier molecular flexibility index (Phi) is 7.70. The van der Waals surface area contributed by atoms with Crippen molar-refractivity contribution < 1.29 is 16.8 Å². The molecule has 0 aromatic heterocycles. The van der Waals surface area contributed by atoms with Gasteiger partial charge in [0.15, 0.2) is 15.8 Å². The lowest BCUT2D eigenvalue weighted by Crippen LogP contribution is -2.50. The molecule has 0 amide bonds. The average molecular weight is 397 g/mol. The number of guanidine groups is 1. The number of rotatable bonds is 6. The van der Waals surface area contributed by atoms with E-state index in [-0.39, 0.29) is 24.1 Å². The van der Waals surface area contributed by atoms with Gasteiger partial charge in [-0.25, -0.2) is 21.1 Å². The van der Waals surface area contributed by atoms with E-state index >= 15 is 0 Å². The maximum atomic E-state index is 12.1. The minimum absolute atomic E-state index is 0.0321. The van der Waals surface area contributed by atoms with E-state index in [0.717, 1.165) is 0 Å². The molecule has 1 aliphatic heterocycles. The summed E-state index contributed by atoms with van der Waals surface area (Å²) in [6.07, 6.45) is 1.39. The molecule has 8 nitrogen and oxygen atoms in total. The molecule has 1 fully saturated rings. The summed E-state index contributed by atoms with van der Waals surface area (Å²) in [7, 11) is -4.68. The number of hydrogen-bond acceptors (Lipinski definition) is 5. The summed E-state index contributed by atoms with van der Waals surface area (Å²) < 4.78 is 48.7. The Bertz CT molecular complexity index is 658. The van der Waals surface area contributed by atoms with E-state index in [1.165, 1.54) is 4.31 Å². The molecule has 0 saturated carbocycles. The summed E-state index contributed by atoms with van der Waals surface area (Å²) in [5.74, 6) is 0.696. The van der Waals surface area contributed by atoms with E-state index in [1.807, 2.05) is 0 Å². The smallest absolute Gasteiger partial charge is 0.213 e. The minimum atomic E-state index is -3.18. The molecule has 0 spiro atoms. The third kappa shape index (κ3) is 6.41. The molecule has 0 aromatic carbocycles. The highest BCUT2D eigenvalue weighted by molar-refractivity contribution is 7.92. The molecule has 1 heterocycles. The SMILES string of the molecule is CCS(=O)(=O)N1CCC(NC(=NC)NCCS(=O)(=O)C(C)(C)C)CC1. The van der Waals surface area contributed by atoms with Crippen molar-refractivity contribution in [1.29, 1.82) is 0 Å². The summed E-state index contributed by atoms with van der Waals surface area (Å²) >= 11 is 0. The molecule has 0 radical (unpaired) electrons. The zero-order valence-electron chi connectivity index (χ0n) is 15.9. The van der Waals surface area contributed by atoms with Crippen LogP contribution in [0, 0.1) is 0 Å². The van der Waals surface area contributed by atoms with Crippen LogP contribution < -0.4 is 10.6 Å². The van der Waals surface area contributed by atoms with Crippen LogP contribution in [0.2, 0.25) is 0 Å². The lowest BCUT2D eigenvalue weighted by atomic mass is 10.1. The molecular formula is C15H32N4O4S2. The Hall–Kier alpha value is -0.870. The largest absolute Gasteiger partial charge is 0.355 e. The molecule has 10 heteroatoms. The minimum Gasteiger partial charge on any atom is -0.355 e. The molecule has 25 heavy (non-hydrogen) atoms. The first-order chi connectivity index (χ1) is 11.4. The van der Waals surface area contributed by atoms with Crippen LogP contribution in [0.5, 0.6) is 0 Å². The van der Waals surface area contributed by atoms with Gasteiger partial charge in [0.2, 0.25) is 10.0 Å². The van der Waals surface area contributed by atoms with E-state index < -0.39 is 24.6 Å². The lowest BCUT2D eigenvalue weighted by Gasteiger charge is -2.32. The number of hydrogen-bond donors (Lipinski definition) is 2. The van der Waals surface area contributed by atoms with E-state index in [2.05, 4.69) is 15.6 Å². The molecule has 148 valence electrons. The first-order valence-electron chi connectivity index (χ1n) is 8.60. The van der Waals surface area contributed by atoms with Crippen LogP contribution >= 0.6 is 0 Å². The molecule has 2 N–H and O–H groups in total. The van der Waals surface area contributed by atoms with Crippen molar-refractivity contribution in [3.05, 3.63) is 0 Å². The van der Waals surface area contributed by atoms with Gasteiger partial charge in [0.1, 0.15) is 0 Å². The lowest BCUT2D eigenvalue weighted by molar-refractivity contribution is 0.306. The molecular weight excluding hydrogens is 364 g/mol. The standard InChI is InChI=1S/C15H32N4O4S2/c1-6-25(22,23)19-10-7-13(8-11-19)18-14(16-5)17-9-12-24(20,21)15(2,3)4/h13H,6-12H2,1-5H3,(H2,16,17,18). The second-order valence-corrected chi connectivity index (χ2v) is 12.3.